The molecule has 0 unspecified atom stereocenters. The fourth-order valence-corrected chi connectivity index (χ4v) is 4.03. The summed E-state index contributed by atoms with van der Waals surface area (Å²) in [5, 5.41) is 6.38. The first-order chi connectivity index (χ1) is 14.4. The van der Waals surface area contributed by atoms with Crippen LogP contribution >= 0.6 is 24.0 Å². The summed E-state index contributed by atoms with van der Waals surface area (Å²) >= 11 is 0. The number of para-hydroxylation sites is 1. The highest BCUT2D eigenvalue weighted by atomic mass is 127. The van der Waals surface area contributed by atoms with Crippen molar-refractivity contribution in [2.45, 2.75) is 24.7 Å². The van der Waals surface area contributed by atoms with Gasteiger partial charge in [-0.3, -0.25) is 4.79 Å². The first-order valence-electron chi connectivity index (χ1n) is 10.1. The first kappa shape index (κ1) is 25.1. The lowest BCUT2D eigenvalue weighted by Gasteiger charge is -2.17. The van der Waals surface area contributed by atoms with Crippen molar-refractivity contribution in [2.75, 3.05) is 37.3 Å². The quantitative estimate of drug-likeness (QED) is 0.311. The van der Waals surface area contributed by atoms with Gasteiger partial charge in [-0.2, -0.15) is 0 Å². The summed E-state index contributed by atoms with van der Waals surface area (Å²) in [6.45, 7) is 4.05. The molecule has 1 aliphatic rings. The Morgan fingerprint density at radius 1 is 1.10 bits per heavy atom. The summed E-state index contributed by atoms with van der Waals surface area (Å²) in [5.74, 6) is 0.569. The van der Waals surface area contributed by atoms with Crippen molar-refractivity contribution in [2.24, 2.45) is 4.99 Å². The van der Waals surface area contributed by atoms with Crippen molar-refractivity contribution in [3.05, 3.63) is 59.7 Å². The van der Waals surface area contributed by atoms with Crippen LogP contribution in [0.3, 0.4) is 0 Å². The summed E-state index contributed by atoms with van der Waals surface area (Å²) in [6.07, 6.45) is 2.79. The van der Waals surface area contributed by atoms with E-state index in [2.05, 4.69) is 21.7 Å². The molecule has 0 radical (unpaired) electrons. The third-order valence-electron chi connectivity index (χ3n) is 4.96. The highest BCUT2D eigenvalue weighted by Crippen LogP contribution is 2.27. The molecule has 9 heteroatoms. The lowest BCUT2D eigenvalue weighted by molar-refractivity contribution is -0.117. The number of carbonyl (C=O) groups is 1. The van der Waals surface area contributed by atoms with Crippen LogP contribution in [-0.4, -0.2) is 52.7 Å². The summed E-state index contributed by atoms with van der Waals surface area (Å²) in [5.41, 5.74) is 3.20. The average molecular weight is 556 g/mol. The molecule has 2 aromatic carbocycles. The number of amides is 1. The number of hydrogen-bond acceptors (Lipinski definition) is 4. The number of nitrogens with one attached hydrogen (secondary N) is 2. The number of fused-ring (bicyclic) bond motifs is 1. The number of anilines is 1. The number of rotatable bonds is 7. The van der Waals surface area contributed by atoms with Crippen molar-refractivity contribution in [1.29, 1.82) is 0 Å². The van der Waals surface area contributed by atoms with Crippen molar-refractivity contribution < 1.29 is 13.2 Å². The molecular weight excluding hydrogens is 527 g/mol. The van der Waals surface area contributed by atoms with Crippen LogP contribution in [0.5, 0.6) is 0 Å². The fourth-order valence-electron chi connectivity index (χ4n) is 3.40. The van der Waals surface area contributed by atoms with E-state index < -0.39 is 9.84 Å². The van der Waals surface area contributed by atoms with Crippen LogP contribution in [0.4, 0.5) is 5.69 Å². The zero-order valence-electron chi connectivity index (χ0n) is 17.8. The van der Waals surface area contributed by atoms with Crippen LogP contribution in [-0.2, 0) is 27.5 Å². The molecule has 0 fully saturated rings. The van der Waals surface area contributed by atoms with E-state index in [4.69, 9.17) is 0 Å². The van der Waals surface area contributed by atoms with Crippen LogP contribution < -0.4 is 15.5 Å². The standard InChI is InChI=1S/C22H28N4O3S.HI/c1-3-23-22(24-14-12-17-8-10-19(11-9-17)30(2,28)29)25-16-21(27)26-15-13-18-6-4-5-7-20(18)26;/h4-11H,3,12-16H2,1-2H3,(H2,23,24,25);1H. The SMILES string of the molecule is CCNC(=NCC(=O)N1CCc2ccccc21)NCCc1ccc(S(C)(=O)=O)cc1.I. The Kier molecular flexibility index (Phi) is 9.30. The molecule has 1 heterocycles. The van der Waals surface area contributed by atoms with Crippen molar-refractivity contribution in [1.82, 2.24) is 10.6 Å². The Balaban J connectivity index is 0.00000341. The Hall–Kier alpha value is -2.14. The van der Waals surface area contributed by atoms with E-state index in [1.807, 2.05) is 37.3 Å². The van der Waals surface area contributed by atoms with Crippen molar-refractivity contribution in [3.63, 3.8) is 0 Å². The third-order valence-corrected chi connectivity index (χ3v) is 6.09. The van der Waals surface area contributed by atoms with Crippen LogP contribution in [0, 0.1) is 0 Å². The Morgan fingerprint density at radius 3 is 2.48 bits per heavy atom. The lowest BCUT2D eigenvalue weighted by Crippen LogP contribution is -2.39. The van der Waals surface area contributed by atoms with Crippen molar-refractivity contribution >= 4 is 51.4 Å². The molecule has 0 aromatic heterocycles. The maximum atomic E-state index is 12.6. The second kappa shape index (κ2) is 11.5. The predicted octanol–water partition coefficient (Wildman–Crippen LogP) is 2.40. The second-order valence-corrected chi connectivity index (χ2v) is 9.23. The van der Waals surface area contributed by atoms with Crippen LogP contribution in [0.1, 0.15) is 18.1 Å². The first-order valence-corrected chi connectivity index (χ1v) is 12.0. The van der Waals surface area contributed by atoms with Crippen LogP contribution in [0.2, 0.25) is 0 Å². The van der Waals surface area contributed by atoms with E-state index in [0.717, 1.165) is 17.7 Å². The van der Waals surface area contributed by atoms with Crippen molar-refractivity contribution in [3.8, 4) is 0 Å². The van der Waals surface area contributed by atoms with E-state index in [0.29, 0.717) is 36.9 Å². The zero-order chi connectivity index (χ0) is 21.6. The number of benzene rings is 2. The normalized spacial score (nSPS) is 13.4. The molecule has 168 valence electrons. The van der Waals surface area contributed by atoms with E-state index in [-0.39, 0.29) is 36.4 Å². The predicted molar refractivity (Wildman–Crippen MR) is 135 cm³/mol. The molecule has 7 nitrogen and oxygen atoms in total. The molecular formula is C22H29IN4O3S. The Bertz CT molecular complexity index is 1020. The third kappa shape index (κ3) is 6.93. The maximum absolute atomic E-state index is 12.6. The van der Waals surface area contributed by atoms with Gasteiger partial charge in [-0.15, -0.1) is 24.0 Å². The smallest absolute Gasteiger partial charge is 0.248 e. The number of halogens is 1. The molecule has 0 bridgehead atoms. The molecule has 0 saturated carbocycles. The summed E-state index contributed by atoms with van der Waals surface area (Å²) in [6, 6.07) is 14.8. The van der Waals surface area contributed by atoms with Gasteiger partial charge in [-0.1, -0.05) is 30.3 Å². The molecule has 1 amide bonds. The molecule has 3 rings (SSSR count). The van der Waals surface area contributed by atoms with E-state index in [9.17, 15) is 13.2 Å². The average Bonchev–Trinajstić information content (AvgIpc) is 3.16. The molecule has 31 heavy (non-hydrogen) atoms. The highest BCUT2D eigenvalue weighted by molar-refractivity contribution is 14.0. The minimum atomic E-state index is -3.18. The van der Waals surface area contributed by atoms with E-state index in [1.165, 1.54) is 11.8 Å². The molecule has 0 atom stereocenters. The topological polar surface area (TPSA) is 90.9 Å². The number of aliphatic imine (C=N–C) groups is 1. The van der Waals surface area contributed by atoms with Gasteiger partial charge in [0, 0.05) is 31.6 Å². The summed E-state index contributed by atoms with van der Waals surface area (Å²) in [4.78, 5) is 19.2. The van der Waals surface area contributed by atoms with E-state index >= 15 is 0 Å². The van der Waals surface area contributed by atoms with Gasteiger partial charge in [0.2, 0.25) is 5.91 Å². The zero-order valence-corrected chi connectivity index (χ0v) is 20.9. The van der Waals surface area contributed by atoms with Gasteiger partial charge in [0.15, 0.2) is 15.8 Å². The second-order valence-electron chi connectivity index (χ2n) is 7.21. The van der Waals surface area contributed by atoms with Gasteiger partial charge in [0.1, 0.15) is 6.54 Å². The molecule has 1 aliphatic heterocycles. The highest BCUT2D eigenvalue weighted by Gasteiger charge is 2.23. The Morgan fingerprint density at radius 2 is 1.81 bits per heavy atom. The molecule has 0 aliphatic carbocycles. The number of carbonyl (C=O) groups excluding carboxylic acids is 1. The molecule has 2 aromatic rings. The molecule has 0 spiro atoms. The largest absolute Gasteiger partial charge is 0.357 e. The summed E-state index contributed by atoms with van der Waals surface area (Å²) < 4.78 is 23.1. The monoisotopic (exact) mass is 556 g/mol. The van der Waals surface area contributed by atoms with Crippen LogP contribution in [0.25, 0.3) is 0 Å². The Labute approximate surface area is 201 Å². The number of guanidine groups is 1. The lowest BCUT2D eigenvalue weighted by atomic mass is 10.1. The fraction of sp³-hybridized carbons (Fsp3) is 0.364. The van der Waals surface area contributed by atoms with Gasteiger partial charge >= 0.3 is 0 Å². The number of nitrogens with zero attached hydrogens (tertiary/aromatic N) is 2. The van der Waals surface area contributed by atoms with Gasteiger partial charge in [-0.25, -0.2) is 13.4 Å². The molecule has 2 N–H and O–H groups in total. The van der Waals surface area contributed by atoms with Gasteiger partial charge in [0.25, 0.3) is 0 Å². The molecule has 0 saturated heterocycles. The van der Waals surface area contributed by atoms with Gasteiger partial charge in [-0.05, 0) is 49.1 Å². The number of hydrogen-bond donors (Lipinski definition) is 2. The minimum Gasteiger partial charge on any atom is -0.357 e. The number of sulfone groups is 1. The van der Waals surface area contributed by atoms with E-state index in [1.54, 1.807) is 17.0 Å². The summed E-state index contributed by atoms with van der Waals surface area (Å²) in [7, 11) is -3.18. The van der Waals surface area contributed by atoms with Gasteiger partial charge in [0.05, 0.1) is 4.90 Å². The van der Waals surface area contributed by atoms with Gasteiger partial charge < -0.3 is 15.5 Å². The van der Waals surface area contributed by atoms with Crippen LogP contribution in [0.15, 0.2) is 58.4 Å². The maximum Gasteiger partial charge on any atom is 0.248 e. The minimum absolute atomic E-state index is 0.